The van der Waals surface area contributed by atoms with Crippen LogP contribution in [0.2, 0.25) is 0 Å². The molecule has 1 aromatic heterocycles. The highest BCUT2D eigenvalue weighted by Crippen LogP contribution is 1.98. The van der Waals surface area contributed by atoms with Crippen molar-refractivity contribution in [3.63, 3.8) is 0 Å². The molecule has 0 amide bonds. The Bertz CT molecular complexity index is 210. The van der Waals surface area contributed by atoms with E-state index in [0.29, 0.717) is 0 Å². The minimum atomic E-state index is 0. The Morgan fingerprint density at radius 2 is 0.929 bits per heavy atom. The number of aromatic nitrogens is 3. The van der Waals surface area contributed by atoms with E-state index < -0.39 is 0 Å². The van der Waals surface area contributed by atoms with Gasteiger partial charge in [0.25, 0.3) is 0 Å². The number of hydrogen-bond acceptors (Lipinski definition) is 4. The van der Waals surface area contributed by atoms with E-state index >= 15 is 0 Å². The first-order valence-corrected chi connectivity index (χ1v) is 4.52. The molecule has 0 unspecified atom stereocenters. The average molecular weight is 219 g/mol. The Hall–Kier alpha value is -0.740. The topological polar surface area (TPSA) is 73.7 Å². The normalized spacial score (nSPS) is 8.79. The van der Waals surface area contributed by atoms with Gasteiger partial charge in [0.2, 0.25) is 0 Å². The fraction of sp³-hybridized carbons (Fsp3) is 0.667. The summed E-state index contributed by atoms with van der Waals surface area (Å²) in [5.74, 6) is 2.75. The second-order valence-electron chi connectivity index (χ2n) is 2.64. The van der Waals surface area contributed by atoms with Gasteiger partial charge in [0, 0.05) is 19.3 Å². The van der Waals surface area contributed by atoms with Crippen molar-refractivity contribution >= 4 is 12.4 Å². The SMILES string of the molecule is CCc1nc(CC)nc(CC)n1.Cl.N. The lowest BCUT2D eigenvalue weighted by Crippen LogP contribution is -2.05. The Labute approximate surface area is 91.6 Å². The van der Waals surface area contributed by atoms with Crippen molar-refractivity contribution < 1.29 is 0 Å². The molecule has 14 heavy (non-hydrogen) atoms. The zero-order valence-electron chi connectivity index (χ0n) is 9.08. The van der Waals surface area contributed by atoms with E-state index in [4.69, 9.17) is 0 Å². The van der Waals surface area contributed by atoms with Crippen LogP contribution in [0.1, 0.15) is 38.2 Å². The van der Waals surface area contributed by atoms with Crippen LogP contribution < -0.4 is 6.15 Å². The zero-order chi connectivity index (χ0) is 8.97. The van der Waals surface area contributed by atoms with Crippen LogP contribution in [0.4, 0.5) is 0 Å². The smallest absolute Gasteiger partial charge is 0.132 e. The Morgan fingerprint density at radius 1 is 0.714 bits per heavy atom. The second kappa shape index (κ2) is 7.64. The van der Waals surface area contributed by atoms with Gasteiger partial charge in [-0.05, 0) is 0 Å². The van der Waals surface area contributed by atoms with E-state index in [1.54, 1.807) is 0 Å². The van der Waals surface area contributed by atoms with E-state index in [1.807, 2.05) is 0 Å². The summed E-state index contributed by atoms with van der Waals surface area (Å²) in [6, 6.07) is 0. The maximum absolute atomic E-state index is 4.30. The van der Waals surface area contributed by atoms with E-state index in [2.05, 4.69) is 35.7 Å². The molecule has 1 aromatic rings. The number of hydrogen-bond donors (Lipinski definition) is 1. The van der Waals surface area contributed by atoms with Crippen molar-refractivity contribution in [1.29, 1.82) is 0 Å². The predicted octanol–water partition coefficient (Wildman–Crippen LogP) is 2.14. The first-order chi connectivity index (χ1) is 5.80. The summed E-state index contributed by atoms with van der Waals surface area (Å²) in [6.45, 7) is 6.19. The van der Waals surface area contributed by atoms with Gasteiger partial charge in [-0.1, -0.05) is 20.8 Å². The van der Waals surface area contributed by atoms with Gasteiger partial charge in [-0.2, -0.15) is 0 Å². The predicted molar refractivity (Wildman–Crippen MR) is 60.2 cm³/mol. The molecule has 0 spiro atoms. The van der Waals surface area contributed by atoms with Crippen LogP contribution in [0.5, 0.6) is 0 Å². The van der Waals surface area contributed by atoms with Crippen LogP contribution in [0.3, 0.4) is 0 Å². The number of aryl methyl sites for hydroxylation is 3. The summed E-state index contributed by atoms with van der Waals surface area (Å²) in [5.41, 5.74) is 0. The summed E-state index contributed by atoms with van der Waals surface area (Å²) in [7, 11) is 0. The van der Waals surface area contributed by atoms with Gasteiger partial charge >= 0.3 is 0 Å². The average Bonchev–Trinajstić information content (AvgIpc) is 2.16. The van der Waals surface area contributed by atoms with Crippen molar-refractivity contribution in [1.82, 2.24) is 21.1 Å². The van der Waals surface area contributed by atoms with E-state index in [-0.39, 0.29) is 18.6 Å². The molecular formula is C9H19ClN4. The molecule has 1 heterocycles. The van der Waals surface area contributed by atoms with E-state index in [9.17, 15) is 0 Å². The summed E-state index contributed by atoms with van der Waals surface area (Å²) in [4.78, 5) is 12.9. The fourth-order valence-electron chi connectivity index (χ4n) is 0.996. The molecule has 0 radical (unpaired) electrons. The van der Waals surface area contributed by atoms with Gasteiger partial charge in [0.1, 0.15) is 17.5 Å². The third-order valence-corrected chi connectivity index (χ3v) is 1.72. The van der Waals surface area contributed by atoms with Gasteiger partial charge in [-0.3, -0.25) is 0 Å². The molecular weight excluding hydrogens is 200 g/mol. The van der Waals surface area contributed by atoms with Crippen molar-refractivity contribution in [3.8, 4) is 0 Å². The fourth-order valence-corrected chi connectivity index (χ4v) is 0.996. The molecule has 1 rings (SSSR count). The standard InChI is InChI=1S/C9H15N3.ClH.H3N/c1-4-7-10-8(5-2)12-9(6-3)11-7;;/h4-6H2,1-3H3;1H;1H3. The van der Waals surface area contributed by atoms with Crippen LogP contribution in [-0.4, -0.2) is 15.0 Å². The Kier molecular flexibility index (Phi) is 8.58. The third-order valence-electron chi connectivity index (χ3n) is 1.72. The molecule has 3 N–H and O–H groups in total. The lowest BCUT2D eigenvalue weighted by molar-refractivity contribution is 0.772. The quantitative estimate of drug-likeness (QED) is 0.844. The third kappa shape index (κ3) is 3.98. The minimum Gasteiger partial charge on any atom is -0.344 e. The number of rotatable bonds is 3. The highest BCUT2D eigenvalue weighted by molar-refractivity contribution is 5.85. The molecule has 0 saturated carbocycles. The zero-order valence-corrected chi connectivity index (χ0v) is 9.89. The lowest BCUT2D eigenvalue weighted by Gasteiger charge is -2.01. The Balaban J connectivity index is 0. The second-order valence-corrected chi connectivity index (χ2v) is 2.64. The first-order valence-electron chi connectivity index (χ1n) is 4.52. The molecule has 5 heteroatoms. The van der Waals surface area contributed by atoms with Crippen molar-refractivity contribution in [2.24, 2.45) is 0 Å². The van der Waals surface area contributed by atoms with Gasteiger partial charge in [0.05, 0.1) is 0 Å². The molecule has 0 atom stereocenters. The van der Waals surface area contributed by atoms with Gasteiger partial charge in [0.15, 0.2) is 0 Å². The molecule has 0 aromatic carbocycles. The monoisotopic (exact) mass is 218 g/mol. The van der Waals surface area contributed by atoms with Gasteiger partial charge < -0.3 is 6.15 Å². The van der Waals surface area contributed by atoms with Crippen LogP contribution in [-0.2, 0) is 19.3 Å². The highest BCUT2D eigenvalue weighted by Gasteiger charge is 2.01. The summed E-state index contributed by atoms with van der Waals surface area (Å²) >= 11 is 0. The van der Waals surface area contributed by atoms with Gasteiger partial charge in [-0.15, -0.1) is 12.4 Å². The van der Waals surface area contributed by atoms with E-state index in [1.165, 1.54) is 0 Å². The van der Waals surface area contributed by atoms with Crippen LogP contribution in [0.25, 0.3) is 0 Å². The molecule has 82 valence electrons. The van der Waals surface area contributed by atoms with Gasteiger partial charge in [-0.25, -0.2) is 15.0 Å². The molecule has 0 saturated heterocycles. The molecule has 0 aliphatic heterocycles. The van der Waals surface area contributed by atoms with Crippen molar-refractivity contribution in [2.45, 2.75) is 40.0 Å². The summed E-state index contributed by atoms with van der Waals surface area (Å²) in [5, 5.41) is 0. The summed E-state index contributed by atoms with van der Waals surface area (Å²) in [6.07, 6.45) is 2.67. The highest BCUT2D eigenvalue weighted by atomic mass is 35.5. The van der Waals surface area contributed by atoms with Crippen molar-refractivity contribution in [2.75, 3.05) is 0 Å². The molecule has 0 aliphatic rings. The molecule has 0 aliphatic carbocycles. The van der Waals surface area contributed by atoms with E-state index in [0.717, 1.165) is 36.7 Å². The Morgan fingerprint density at radius 3 is 1.07 bits per heavy atom. The maximum atomic E-state index is 4.30. The first kappa shape index (κ1) is 15.7. The van der Waals surface area contributed by atoms with Crippen molar-refractivity contribution in [3.05, 3.63) is 17.5 Å². The van der Waals surface area contributed by atoms with Crippen LogP contribution in [0, 0.1) is 0 Å². The molecule has 0 fully saturated rings. The number of halogens is 1. The minimum absolute atomic E-state index is 0. The molecule has 4 nitrogen and oxygen atoms in total. The lowest BCUT2D eigenvalue weighted by atomic mass is 10.3. The largest absolute Gasteiger partial charge is 0.344 e. The van der Waals surface area contributed by atoms with Crippen LogP contribution >= 0.6 is 12.4 Å². The number of nitrogens with zero attached hydrogens (tertiary/aromatic N) is 3. The summed E-state index contributed by atoms with van der Waals surface area (Å²) < 4.78 is 0. The maximum Gasteiger partial charge on any atom is 0.132 e. The molecule has 0 bridgehead atoms. The van der Waals surface area contributed by atoms with Crippen LogP contribution in [0.15, 0.2) is 0 Å².